The molecule has 0 spiro atoms. The predicted octanol–water partition coefficient (Wildman–Crippen LogP) is -0.822. The molecule has 0 bridgehead atoms. The van der Waals surface area contributed by atoms with E-state index in [9.17, 15) is 19.2 Å². The SMILES string of the molecule is NC(Cc1ccc(NC(=O)CC2NC(=O)NC2=O)cc1)C(=O)O. The van der Waals surface area contributed by atoms with Crippen LogP contribution in [0.4, 0.5) is 10.5 Å². The van der Waals surface area contributed by atoms with E-state index in [1.807, 2.05) is 5.32 Å². The first-order valence-electron chi connectivity index (χ1n) is 6.83. The Morgan fingerprint density at radius 2 is 1.91 bits per heavy atom. The molecule has 0 radical (unpaired) electrons. The van der Waals surface area contributed by atoms with Crippen LogP contribution in [0.5, 0.6) is 0 Å². The highest BCUT2D eigenvalue weighted by molar-refractivity contribution is 6.06. The average Bonchev–Trinajstić information content (AvgIpc) is 2.78. The van der Waals surface area contributed by atoms with Crippen LogP contribution < -0.4 is 21.7 Å². The fourth-order valence-corrected chi connectivity index (χ4v) is 2.07. The van der Waals surface area contributed by atoms with E-state index in [-0.39, 0.29) is 12.8 Å². The fraction of sp³-hybridized carbons (Fsp3) is 0.286. The first-order valence-corrected chi connectivity index (χ1v) is 6.83. The van der Waals surface area contributed by atoms with Crippen LogP contribution in [0.1, 0.15) is 12.0 Å². The summed E-state index contributed by atoms with van der Waals surface area (Å²) >= 11 is 0. The number of imide groups is 1. The first kappa shape index (κ1) is 16.4. The Labute approximate surface area is 131 Å². The van der Waals surface area contributed by atoms with Crippen molar-refractivity contribution in [2.24, 2.45) is 5.73 Å². The lowest BCUT2D eigenvalue weighted by molar-refractivity contribution is -0.138. The minimum absolute atomic E-state index is 0.177. The Balaban J connectivity index is 1.88. The van der Waals surface area contributed by atoms with Gasteiger partial charge in [0.15, 0.2) is 0 Å². The summed E-state index contributed by atoms with van der Waals surface area (Å²) in [6.07, 6.45) is 0.00104. The van der Waals surface area contributed by atoms with Gasteiger partial charge in [-0.1, -0.05) is 12.1 Å². The summed E-state index contributed by atoms with van der Waals surface area (Å²) in [6.45, 7) is 0. The van der Waals surface area contributed by atoms with Crippen LogP contribution in [0.2, 0.25) is 0 Å². The molecule has 0 aliphatic carbocycles. The fourth-order valence-electron chi connectivity index (χ4n) is 2.07. The van der Waals surface area contributed by atoms with Gasteiger partial charge < -0.3 is 21.5 Å². The summed E-state index contributed by atoms with van der Waals surface area (Å²) in [5.41, 5.74) is 6.66. The number of nitrogens with two attached hydrogens (primary N) is 1. The maximum Gasteiger partial charge on any atom is 0.322 e. The third-order valence-electron chi connectivity index (χ3n) is 3.26. The molecule has 1 aromatic rings. The van der Waals surface area contributed by atoms with Gasteiger partial charge in [-0.05, 0) is 24.1 Å². The van der Waals surface area contributed by atoms with Gasteiger partial charge in [0.2, 0.25) is 5.91 Å². The van der Waals surface area contributed by atoms with E-state index >= 15 is 0 Å². The lowest BCUT2D eigenvalue weighted by Crippen LogP contribution is -2.33. The number of carbonyl (C=O) groups is 4. The van der Waals surface area contributed by atoms with Gasteiger partial charge >= 0.3 is 12.0 Å². The van der Waals surface area contributed by atoms with Crippen molar-refractivity contribution in [2.45, 2.75) is 24.9 Å². The molecule has 23 heavy (non-hydrogen) atoms. The second-order valence-corrected chi connectivity index (χ2v) is 5.11. The summed E-state index contributed by atoms with van der Waals surface area (Å²) in [4.78, 5) is 44.8. The largest absolute Gasteiger partial charge is 0.480 e. The highest BCUT2D eigenvalue weighted by Crippen LogP contribution is 2.12. The van der Waals surface area contributed by atoms with Gasteiger partial charge in [-0.3, -0.25) is 19.7 Å². The topological polar surface area (TPSA) is 151 Å². The molecule has 0 saturated carbocycles. The molecule has 4 amide bonds. The molecular weight excluding hydrogens is 304 g/mol. The second kappa shape index (κ2) is 6.88. The number of benzene rings is 1. The van der Waals surface area contributed by atoms with Crippen LogP contribution in [0.3, 0.4) is 0 Å². The molecule has 1 saturated heterocycles. The quantitative estimate of drug-likeness (QED) is 0.432. The van der Waals surface area contributed by atoms with Crippen molar-refractivity contribution in [3.8, 4) is 0 Å². The van der Waals surface area contributed by atoms with E-state index in [1.54, 1.807) is 24.3 Å². The Morgan fingerprint density at radius 3 is 2.43 bits per heavy atom. The maximum atomic E-state index is 11.8. The van der Waals surface area contributed by atoms with Crippen molar-refractivity contribution in [1.29, 1.82) is 0 Å². The molecule has 2 atom stereocenters. The van der Waals surface area contributed by atoms with E-state index in [0.717, 1.165) is 5.56 Å². The number of urea groups is 1. The third kappa shape index (κ3) is 4.51. The van der Waals surface area contributed by atoms with Crippen molar-refractivity contribution in [3.05, 3.63) is 29.8 Å². The van der Waals surface area contributed by atoms with Crippen molar-refractivity contribution in [1.82, 2.24) is 10.6 Å². The zero-order valence-corrected chi connectivity index (χ0v) is 12.0. The summed E-state index contributed by atoms with van der Waals surface area (Å²) < 4.78 is 0. The minimum atomic E-state index is -1.08. The molecule has 1 fully saturated rings. The van der Waals surface area contributed by atoms with Gasteiger partial charge in [-0.25, -0.2) is 4.79 Å². The van der Waals surface area contributed by atoms with Gasteiger partial charge in [0, 0.05) is 5.69 Å². The zero-order chi connectivity index (χ0) is 17.0. The smallest absolute Gasteiger partial charge is 0.322 e. The number of carboxylic acid groups (broad SMARTS) is 1. The van der Waals surface area contributed by atoms with Crippen LogP contribution in [0.15, 0.2) is 24.3 Å². The Bertz CT molecular complexity index is 643. The summed E-state index contributed by atoms with van der Waals surface area (Å²) in [5, 5.41) is 15.7. The molecule has 1 aliphatic rings. The number of carbonyl (C=O) groups excluding carboxylic acids is 3. The number of hydrogen-bond acceptors (Lipinski definition) is 5. The summed E-state index contributed by atoms with van der Waals surface area (Å²) in [7, 11) is 0. The van der Waals surface area contributed by atoms with E-state index in [4.69, 9.17) is 10.8 Å². The lowest BCUT2D eigenvalue weighted by atomic mass is 10.1. The van der Waals surface area contributed by atoms with E-state index < -0.39 is 35.9 Å². The maximum absolute atomic E-state index is 11.8. The molecule has 122 valence electrons. The lowest BCUT2D eigenvalue weighted by Gasteiger charge is -2.10. The van der Waals surface area contributed by atoms with Gasteiger partial charge in [-0.15, -0.1) is 0 Å². The molecule has 2 unspecified atom stereocenters. The predicted molar refractivity (Wildman–Crippen MR) is 79.5 cm³/mol. The number of nitrogens with one attached hydrogen (secondary N) is 3. The molecule has 9 nitrogen and oxygen atoms in total. The highest BCUT2D eigenvalue weighted by Gasteiger charge is 2.31. The molecule has 0 aromatic heterocycles. The summed E-state index contributed by atoms with van der Waals surface area (Å²) in [6, 6.07) is 4.04. The third-order valence-corrected chi connectivity index (χ3v) is 3.26. The minimum Gasteiger partial charge on any atom is -0.480 e. The molecule has 2 rings (SSSR count). The van der Waals surface area contributed by atoms with E-state index in [0.29, 0.717) is 5.69 Å². The number of hydrogen-bond donors (Lipinski definition) is 5. The van der Waals surface area contributed by atoms with E-state index in [2.05, 4.69) is 10.6 Å². The number of anilines is 1. The molecule has 1 heterocycles. The number of carboxylic acids is 1. The van der Waals surface area contributed by atoms with Crippen molar-refractivity contribution in [3.63, 3.8) is 0 Å². The monoisotopic (exact) mass is 320 g/mol. The second-order valence-electron chi connectivity index (χ2n) is 5.11. The van der Waals surface area contributed by atoms with Crippen LogP contribution >= 0.6 is 0 Å². The van der Waals surface area contributed by atoms with E-state index in [1.165, 1.54) is 0 Å². The number of amides is 4. The van der Waals surface area contributed by atoms with Crippen LogP contribution in [-0.2, 0) is 20.8 Å². The zero-order valence-electron chi connectivity index (χ0n) is 12.0. The van der Waals surface area contributed by atoms with Crippen LogP contribution in [0.25, 0.3) is 0 Å². The Hall–Kier alpha value is -2.94. The highest BCUT2D eigenvalue weighted by atomic mass is 16.4. The summed E-state index contributed by atoms with van der Waals surface area (Å²) in [5.74, 6) is -2.05. The average molecular weight is 320 g/mol. The first-order chi connectivity index (χ1) is 10.8. The molecule has 1 aromatic carbocycles. The van der Waals surface area contributed by atoms with Gasteiger partial charge in [-0.2, -0.15) is 0 Å². The van der Waals surface area contributed by atoms with Crippen LogP contribution in [-0.4, -0.2) is 41.0 Å². The normalized spacial score (nSPS) is 18.0. The molecule has 6 N–H and O–H groups in total. The standard InChI is InChI=1S/C14H16N4O5/c15-9(13(21)22)5-7-1-3-8(4-2-7)16-11(19)6-10-12(20)18-14(23)17-10/h1-4,9-10H,5-6,15H2,(H,16,19)(H,21,22)(H2,17,18,20,23). The number of rotatable bonds is 6. The van der Waals surface area contributed by atoms with Gasteiger partial charge in [0.25, 0.3) is 5.91 Å². The van der Waals surface area contributed by atoms with Gasteiger partial charge in [0.1, 0.15) is 12.1 Å². The molecule has 1 aliphatic heterocycles. The Kier molecular flexibility index (Phi) is 4.91. The number of aliphatic carboxylic acids is 1. The van der Waals surface area contributed by atoms with Crippen molar-refractivity contribution < 1.29 is 24.3 Å². The van der Waals surface area contributed by atoms with Crippen LogP contribution in [0, 0.1) is 0 Å². The van der Waals surface area contributed by atoms with Crippen molar-refractivity contribution in [2.75, 3.05) is 5.32 Å². The Morgan fingerprint density at radius 1 is 1.26 bits per heavy atom. The molecule has 9 heteroatoms. The molecular formula is C14H16N4O5. The van der Waals surface area contributed by atoms with Crippen molar-refractivity contribution >= 4 is 29.5 Å². The van der Waals surface area contributed by atoms with Gasteiger partial charge in [0.05, 0.1) is 6.42 Å².